The Hall–Kier alpha value is -1.96. The van der Waals surface area contributed by atoms with E-state index in [1.807, 2.05) is 0 Å². The topological polar surface area (TPSA) is 130 Å². The molecule has 0 aromatic rings. The molecule has 2 amide bonds. The van der Waals surface area contributed by atoms with E-state index >= 15 is 0 Å². The molecule has 40 heavy (non-hydrogen) atoms. The molecule has 1 aliphatic rings. The molecule has 0 aliphatic carbocycles. The van der Waals surface area contributed by atoms with Crippen molar-refractivity contribution in [3.05, 3.63) is 12.2 Å². The Kier molecular flexibility index (Phi) is 25.8. The summed E-state index contributed by atoms with van der Waals surface area (Å²) in [5.74, 6) is 1.78. The minimum Gasteiger partial charge on any atom is -0.377 e. The fourth-order valence-corrected chi connectivity index (χ4v) is 2.92. The Balaban J connectivity index is 1.64. The van der Waals surface area contributed by atoms with E-state index in [1.165, 1.54) is 12.2 Å². The number of nitrogens with zero attached hydrogens (tertiary/aromatic N) is 1. The van der Waals surface area contributed by atoms with E-state index in [0.29, 0.717) is 126 Å². The van der Waals surface area contributed by atoms with Crippen molar-refractivity contribution in [2.75, 3.05) is 139 Å². The van der Waals surface area contributed by atoms with Crippen LogP contribution in [0.4, 0.5) is 0 Å². The molecule has 0 radical (unpaired) electrons. The molecular weight excluding hydrogens is 530 g/mol. The lowest BCUT2D eigenvalue weighted by Gasteiger charge is -2.13. The van der Waals surface area contributed by atoms with E-state index in [2.05, 4.69) is 5.92 Å². The third kappa shape index (κ3) is 22.8. The van der Waals surface area contributed by atoms with Crippen molar-refractivity contribution in [1.29, 1.82) is 0 Å². The summed E-state index contributed by atoms with van der Waals surface area (Å²) >= 11 is 0. The SMILES string of the molecule is C#CCOCCOCCOCCOCCOCCOCCOCCOCCOCCOCCN1C(=O)C=CC1=O. The first-order valence-corrected chi connectivity index (χ1v) is 13.5. The second-order valence-corrected chi connectivity index (χ2v) is 7.93. The predicted molar refractivity (Wildman–Crippen MR) is 143 cm³/mol. The van der Waals surface area contributed by atoms with Gasteiger partial charge < -0.3 is 47.4 Å². The van der Waals surface area contributed by atoms with Crippen LogP contribution in [0.1, 0.15) is 0 Å². The molecule has 1 aliphatic heterocycles. The zero-order chi connectivity index (χ0) is 28.8. The van der Waals surface area contributed by atoms with Crippen LogP contribution in [0.3, 0.4) is 0 Å². The van der Waals surface area contributed by atoms with Gasteiger partial charge in [-0.1, -0.05) is 5.92 Å². The zero-order valence-electron chi connectivity index (χ0n) is 23.4. The van der Waals surface area contributed by atoms with E-state index in [9.17, 15) is 9.59 Å². The van der Waals surface area contributed by atoms with Crippen molar-refractivity contribution in [2.45, 2.75) is 0 Å². The van der Waals surface area contributed by atoms with Gasteiger partial charge in [0.1, 0.15) is 6.61 Å². The average molecular weight is 576 g/mol. The number of amides is 2. The average Bonchev–Trinajstić information content (AvgIpc) is 3.28. The normalized spacial score (nSPS) is 13.0. The van der Waals surface area contributed by atoms with E-state index in [4.69, 9.17) is 53.8 Å². The highest BCUT2D eigenvalue weighted by Gasteiger charge is 2.22. The number of ether oxygens (including phenoxy) is 10. The molecule has 230 valence electrons. The minimum atomic E-state index is -0.306. The van der Waals surface area contributed by atoms with Gasteiger partial charge in [-0.3, -0.25) is 14.5 Å². The third-order valence-electron chi connectivity index (χ3n) is 4.89. The van der Waals surface area contributed by atoms with Crippen molar-refractivity contribution in [3.63, 3.8) is 0 Å². The third-order valence-corrected chi connectivity index (χ3v) is 4.89. The second kappa shape index (κ2) is 28.6. The molecule has 1 heterocycles. The molecule has 13 heteroatoms. The summed E-state index contributed by atoms with van der Waals surface area (Å²) in [6, 6.07) is 0. The molecule has 0 atom stereocenters. The molecule has 0 fully saturated rings. The van der Waals surface area contributed by atoms with Crippen LogP contribution in [0.15, 0.2) is 12.2 Å². The van der Waals surface area contributed by atoms with Crippen molar-refractivity contribution in [2.24, 2.45) is 0 Å². The standard InChI is InChI=1S/C27H45NO12/c1-2-6-31-8-10-33-12-14-35-16-18-37-20-22-39-24-25-40-23-21-38-19-17-36-15-13-34-11-9-32-7-5-28-26(29)3-4-27(28)30/h1,3-4H,5-25H2. The van der Waals surface area contributed by atoms with Crippen molar-refractivity contribution >= 4 is 11.8 Å². The highest BCUT2D eigenvalue weighted by molar-refractivity contribution is 6.12. The first kappa shape index (κ1) is 36.1. The summed E-state index contributed by atoms with van der Waals surface area (Å²) in [6.07, 6.45) is 7.58. The van der Waals surface area contributed by atoms with Crippen LogP contribution in [0.5, 0.6) is 0 Å². The van der Waals surface area contributed by atoms with Gasteiger partial charge in [-0.25, -0.2) is 0 Å². The van der Waals surface area contributed by atoms with Crippen LogP contribution >= 0.6 is 0 Å². The Morgan fingerprint density at radius 1 is 0.450 bits per heavy atom. The molecule has 1 rings (SSSR count). The maximum Gasteiger partial charge on any atom is 0.253 e. The minimum absolute atomic E-state index is 0.240. The van der Waals surface area contributed by atoms with Crippen LogP contribution in [0, 0.1) is 12.3 Å². The number of carbonyl (C=O) groups is 2. The van der Waals surface area contributed by atoms with E-state index in [-0.39, 0.29) is 25.0 Å². The summed E-state index contributed by atoms with van der Waals surface area (Å²) in [5.41, 5.74) is 0. The Morgan fingerprint density at radius 2 is 0.700 bits per heavy atom. The number of carbonyl (C=O) groups excluding carboxylic acids is 2. The number of rotatable bonds is 31. The maximum absolute atomic E-state index is 11.4. The van der Waals surface area contributed by atoms with Gasteiger partial charge in [0.05, 0.1) is 132 Å². The number of terminal acetylenes is 1. The van der Waals surface area contributed by atoms with Gasteiger partial charge in [-0.2, -0.15) is 0 Å². The molecule has 0 saturated carbocycles. The van der Waals surface area contributed by atoms with Crippen LogP contribution in [0.25, 0.3) is 0 Å². The van der Waals surface area contributed by atoms with Gasteiger partial charge in [-0.05, 0) is 0 Å². The van der Waals surface area contributed by atoms with Gasteiger partial charge in [0.15, 0.2) is 0 Å². The maximum atomic E-state index is 11.4. The predicted octanol–water partition coefficient (Wildman–Crippen LogP) is -0.289. The molecule has 0 spiro atoms. The lowest BCUT2D eigenvalue weighted by Crippen LogP contribution is -2.33. The highest BCUT2D eigenvalue weighted by atomic mass is 16.6. The first-order chi connectivity index (χ1) is 19.8. The van der Waals surface area contributed by atoms with E-state index in [0.717, 1.165) is 4.90 Å². The Morgan fingerprint density at radius 3 is 0.975 bits per heavy atom. The summed E-state index contributed by atoms with van der Waals surface area (Å²) in [5, 5.41) is 0. The number of hydrogen-bond donors (Lipinski definition) is 0. The van der Waals surface area contributed by atoms with Crippen molar-refractivity contribution < 1.29 is 57.0 Å². The molecule has 0 bridgehead atoms. The molecule has 0 aromatic heterocycles. The van der Waals surface area contributed by atoms with Gasteiger partial charge in [0, 0.05) is 12.2 Å². The lowest BCUT2D eigenvalue weighted by atomic mass is 10.5. The molecule has 0 N–H and O–H groups in total. The van der Waals surface area contributed by atoms with E-state index < -0.39 is 0 Å². The van der Waals surface area contributed by atoms with Gasteiger partial charge in [0.25, 0.3) is 11.8 Å². The fraction of sp³-hybridized carbons (Fsp3) is 0.778. The largest absolute Gasteiger partial charge is 0.377 e. The van der Waals surface area contributed by atoms with Crippen LogP contribution in [0.2, 0.25) is 0 Å². The van der Waals surface area contributed by atoms with Crippen LogP contribution in [-0.4, -0.2) is 155 Å². The summed E-state index contributed by atoms with van der Waals surface area (Å²) in [6.45, 7) is 9.39. The van der Waals surface area contributed by atoms with Gasteiger partial charge in [-0.15, -0.1) is 6.42 Å². The zero-order valence-corrected chi connectivity index (χ0v) is 23.4. The molecule has 0 unspecified atom stereocenters. The lowest BCUT2D eigenvalue weighted by molar-refractivity contribution is -0.137. The quantitative estimate of drug-likeness (QED) is 0.0612. The van der Waals surface area contributed by atoms with Crippen molar-refractivity contribution in [3.8, 4) is 12.3 Å². The van der Waals surface area contributed by atoms with Gasteiger partial charge in [0.2, 0.25) is 0 Å². The molecular formula is C27H45NO12. The summed E-state index contributed by atoms with van der Waals surface area (Å²) < 4.78 is 53.7. The Bertz CT molecular complexity index is 667. The molecule has 0 saturated heterocycles. The Labute approximate surface area is 237 Å². The summed E-state index contributed by atoms with van der Waals surface area (Å²) in [7, 11) is 0. The fourth-order valence-electron chi connectivity index (χ4n) is 2.92. The number of imide groups is 1. The monoisotopic (exact) mass is 575 g/mol. The smallest absolute Gasteiger partial charge is 0.253 e. The second-order valence-electron chi connectivity index (χ2n) is 7.93. The highest BCUT2D eigenvalue weighted by Crippen LogP contribution is 2.02. The van der Waals surface area contributed by atoms with Crippen molar-refractivity contribution in [1.82, 2.24) is 4.90 Å². The van der Waals surface area contributed by atoms with Gasteiger partial charge >= 0.3 is 0 Å². The first-order valence-electron chi connectivity index (χ1n) is 13.5. The summed E-state index contributed by atoms with van der Waals surface area (Å²) in [4.78, 5) is 23.9. The molecule has 13 nitrogen and oxygen atoms in total. The van der Waals surface area contributed by atoms with E-state index in [1.54, 1.807) is 0 Å². The van der Waals surface area contributed by atoms with Crippen LogP contribution < -0.4 is 0 Å². The number of hydrogen-bond acceptors (Lipinski definition) is 12. The molecule has 0 aromatic carbocycles. The van der Waals surface area contributed by atoms with Crippen LogP contribution in [-0.2, 0) is 57.0 Å².